The lowest BCUT2D eigenvalue weighted by atomic mass is 10.2. The molecule has 12 heavy (non-hydrogen) atoms. The summed E-state index contributed by atoms with van der Waals surface area (Å²) in [5.41, 5.74) is 0. The Morgan fingerprint density at radius 1 is 1.25 bits per heavy atom. The first-order valence-electron chi connectivity index (χ1n) is 4.84. The van der Waals surface area contributed by atoms with Gasteiger partial charge in [-0.05, 0) is 38.9 Å². The molecule has 1 fully saturated rings. The van der Waals surface area contributed by atoms with Crippen LogP contribution in [0.4, 0.5) is 0 Å². The second-order valence-corrected chi connectivity index (χ2v) is 3.86. The highest BCUT2D eigenvalue weighted by molar-refractivity contribution is 4.59. The summed E-state index contributed by atoms with van der Waals surface area (Å²) in [6.45, 7) is 7.77. The van der Waals surface area contributed by atoms with Gasteiger partial charge >= 0.3 is 0 Å². The zero-order valence-corrected chi connectivity index (χ0v) is 8.97. The van der Waals surface area contributed by atoms with E-state index < -0.39 is 0 Å². The predicted octanol–water partition coefficient (Wildman–Crippen LogP) is 2.00. The minimum Gasteiger partial charge on any atom is -0.384 e. The molecule has 1 heterocycles. The summed E-state index contributed by atoms with van der Waals surface area (Å²) >= 11 is 0. The van der Waals surface area contributed by atoms with E-state index in [1.165, 1.54) is 25.9 Å². The summed E-state index contributed by atoms with van der Waals surface area (Å²) in [6, 6.07) is 0. The maximum atomic E-state index is 4.80. The van der Waals surface area contributed by atoms with Gasteiger partial charge in [0.25, 0.3) is 0 Å². The van der Waals surface area contributed by atoms with Crippen LogP contribution in [0.2, 0.25) is 0 Å². The summed E-state index contributed by atoms with van der Waals surface area (Å²) in [4.78, 5) is 2.36. The molecule has 0 saturated carbocycles. The fourth-order valence-corrected chi connectivity index (χ4v) is 1.21. The zero-order valence-electron chi connectivity index (χ0n) is 8.97. The molecule has 0 aromatic carbocycles. The molecule has 1 aliphatic heterocycles. The molecule has 74 valence electrons. The van der Waals surface area contributed by atoms with E-state index >= 15 is 0 Å². The SMILES string of the molecule is CN1CCCC1.COCC(C)C. The van der Waals surface area contributed by atoms with Crippen molar-refractivity contribution in [2.45, 2.75) is 26.7 Å². The topological polar surface area (TPSA) is 12.5 Å². The van der Waals surface area contributed by atoms with Crippen molar-refractivity contribution in [1.29, 1.82) is 0 Å². The van der Waals surface area contributed by atoms with Gasteiger partial charge in [-0.1, -0.05) is 13.8 Å². The lowest BCUT2D eigenvalue weighted by Gasteiger charge is -2.01. The van der Waals surface area contributed by atoms with Crippen LogP contribution in [-0.2, 0) is 4.74 Å². The van der Waals surface area contributed by atoms with E-state index in [-0.39, 0.29) is 0 Å². The minimum atomic E-state index is 0.676. The van der Waals surface area contributed by atoms with E-state index in [0.717, 1.165) is 6.61 Å². The van der Waals surface area contributed by atoms with Gasteiger partial charge < -0.3 is 9.64 Å². The van der Waals surface area contributed by atoms with E-state index in [9.17, 15) is 0 Å². The number of methoxy groups -OCH3 is 1. The van der Waals surface area contributed by atoms with Crippen LogP contribution in [0.25, 0.3) is 0 Å². The van der Waals surface area contributed by atoms with Crippen molar-refractivity contribution >= 4 is 0 Å². The third-order valence-corrected chi connectivity index (χ3v) is 1.83. The van der Waals surface area contributed by atoms with Crippen LogP contribution < -0.4 is 0 Å². The number of hydrogen-bond acceptors (Lipinski definition) is 2. The van der Waals surface area contributed by atoms with Crippen molar-refractivity contribution < 1.29 is 4.74 Å². The van der Waals surface area contributed by atoms with Gasteiger partial charge in [0.15, 0.2) is 0 Å². The largest absolute Gasteiger partial charge is 0.384 e. The molecule has 0 aromatic heterocycles. The average molecular weight is 173 g/mol. The highest BCUT2D eigenvalue weighted by Gasteiger charge is 2.03. The third kappa shape index (κ3) is 8.02. The predicted molar refractivity (Wildman–Crippen MR) is 53.4 cm³/mol. The maximum absolute atomic E-state index is 4.80. The molecule has 0 spiro atoms. The van der Waals surface area contributed by atoms with Crippen molar-refractivity contribution in [2.75, 3.05) is 33.9 Å². The zero-order chi connectivity index (χ0) is 9.40. The molecule has 1 aliphatic rings. The van der Waals surface area contributed by atoms with Crippen LogP contribution in [0.15, 0.2) is 0 Å². The van der Waals surface area contributed by atoms with Crippen molar-refractivity contribution in [3.8, 4) is 0 Å². The van der Waals surface area contributed by atoms with E-state index in [1.54, 1.807) is 7.11 Å². The quantitative estimate of drug-likeness (QED) is 0.633. The van der Waals surface area contributed by atoms with Crippen LogP contribution >= 0.6 is 0 Å². The standard InChI is InChI=1S/C5H11N.C5H12O/c1-6-4-2-3-5-6;1-5(2)4-6-3/h2-5H2,1H3;5H,4H2,1-3H3. The summed E-state index contributed by atoms with van der Waals surface area (Å²) < 4.78 is 4.80. The number of rotatable bonds is 2. The summed E-state index contributed by atoms with van der Waals surface area (Å²) in [5, 5.41) is 0. The van der Waals surface area contributed by atoms with E-state index in [4.69, 9.17) is 4.74 Å². The third-order valence-electron chi connectivity index (χ3n) is 1.83. The second kappa shape index (κ2) is 7.56. The van der Waals surface area contributed by atoms with Gasteiger partial charge in [0.2, 0.25) is 0 Å². The second-order valence-electron chi connectivity index (χ2n) is 3.86. The molecule has 0 amide bonds. The molecule has 1 rings (SSSR count). The molecule has 0 bridgehead atoms. The first-order valence-corrected chi connectivity index (χ1v) is 4.84. The molecule has 0 aromatic rings. The first-order chi connectivity index (χ1) is 5.66. The Balaban J connectivity index is 0.000000202. The van der Waals surface area contributed by atoms with E-state index in [1.807, 2.05) is 0 Å². The Labute approximate surface area is 76.9 Å². The Morgan fingerprint density at radius 3 is 1.83 bits per heavy atom. The van der Waals surface area contributed by atoms with Gasteiger partial charge in [0.05, 0.1) is 0 Å². The van der Waals surface area contributed by atoms with Gasteiger partial charge in [-0.3, -0.25) is 0 Å². The number of likely N-dealkylation sites (tertiary alicyclic amines) is 1. The minimum absolute atomic E-state index is 0.676. The van der Waals surface area contributed by atoms with Gasteiger partial charge in [-0.2, -0.15) is 0 Å². The molecule has 0 N–H and O–H groups in total. The fourth-order valence-electron chi connectivity index (χ4n) is 1.21. The molecule has 1 saturated heterocycles. The number of nitrogens with zero attached hydrogens (tertiary/aromatic N) is 1. The van der Waals surface area contributed by atoms with E-state index in [0.29, 0.717) is 5.92 Å². The molecule has 0 atom stereocenters. The first kappa shape index (κ1) is 11.9. The molecule has 0 radical (unpaired) electrons. The Hall–Kier alpha value is -0.0800. The van der Waals surface area contributed by atoms with Crippen LogP contribution in [0.3, 0.4) is 0 Å². The normalized spacial score (nSPS) is 17.8. The fraction of sp³-hybridized carbons (Fsp3) is 1.00. The van der Waals surface area contributed by atoms with Crippen LogP contribution in [0, 0.1) is 5.92 Å². The van der Waals surface area contributed by atoms with Crippen molar-refractivity contribution in [3.05, 3.63) is 0 Å². The van der Waals surface area contributed by atoms with Gasteiger partial charge in [-0.25, -0.2) is 0 Å². The molecule has 2 nitrogen and oxygen atoms in total. The van der Waals surface area contributed by atoms with Gasteiger partial charge in [0.1, 0.15) is 0 Å². The van der Waals surface area contributed by atoms with Crippen LogP contribution in [0.5, 0.6) is 0 Å². The lowest BCUT2D eigenvalue weighted by molar-refractivity contribution is 0.167. The average Bonchev–Trinajstić information content (AvgIpc) is 2.40. The summed E-state index contributed by atoms with van der Waals surface area (Å²) in [5.74, 6) is 0.676. The van der Waals surface area contributed by atoms with Crippen molar-refractivity contribution in [2.24, 2.45) is 5.92 Å². The monoisotopic (exact) mass is 173 g/mol. The highest BCUT2D eigenvalue weighted by Crippen LogP contribution is 2.02. The van der Waals surface area contributed by atoms with E-state index in [2.05, 4.69) is 25.8 Å². The Kier molecular flexibility index (Phi) is 7.51. The van der Waals surface area contributed by atoms with Gasteiger partial charge in [0, 0.05) is 13.7 Å². The summed E-state index contributed by atoms with van der Waals surface area (Å²) in [7, 11) is 3.90. The molecular formula is C10H23NO. The smallest absolute Gasteiger partial charge is 0.0485 e. The molecule has 0 aliphatic carbocycles. The Morgan fingerprint density at radius 2 is 1.75 bits per heavy atom. The molecule has 2 heteroatoms. The Bertz CT molecular complexity index is 87.8. The molecule has 0 unspecified atom stereocenters. The maximum Gasteiger partial charge on any atom is 0.0485 e. The van der Waals surface area contributed by atoms with Crippen LogP contribution in [0.1, 0.15) is 26.7 Å². The van der Waals surface area contributed by atoms with Crippen molar-refractivity contribution in [1.82, 2.24) is 4.90 Å². The summed E-state index contributed by atoms with van der Waals surface area (Å²) in [6.07, 6.45) is 2.83. The highest BCUT2D eigenvalue weighted by atomic mass is 16.5. The van der Waals surface area contributed by atoms with Crippen LogP contribution in [-0.4, -0.2) is 38.8 Å². The lowest BCUT2D eigenvalue weighted by Crippen LogP contribution is -2.10. The van der Waals surface area contributed by atoms with Crippen molar-refractivity contribution in [3.63, 3.8) is 0 Å². The number of hydrogen-bond donors (Lipinski definition) is 0. The number of ether oxygens (including phenoxy) is 1. The van der Waals surface area contributed by atoms with Gasteiger partial charge in [-0.15, -0.1) is 0 Å². The molecular weight excluding hydrogens is 150 g/mol.